The molecule has 1 unspecified atom stereocenters. The molecule has 0 bridgehead atoms. The lowest BCUT2D eigenvalue weighted by Crippen LogP contribution is -2.54. The number of benzene rings is 3. The molecule has 0 aliphatic carbocycles. The molecule has 0 radical (unpaired) electrons. The van der Waals surface area contributed by atoms with Gasteiger partial charge in [0.1, 0.15) is 6.04 Å². The Morgan fingerprint density at radius 2 is 1.38 bits per heavy atom. The smallest absolute Gasteiger partial charge is 0.252 e. The Balaban J connectivity index is 1.52. The lowest BCUT2D eigenvalue weighted by atomic mass is 10.0. The SMILES string of the molecule is Cc1cc(C)c(C)c(S(=O)(=O)N(C2CCN(Cc3ccccc3)CC2)C2CC(=O)N(c3ccccc3)C2=O)c1C. The number of amides is 2. The second-order valence-corrected chi connectivity index (χ2v) is 12.8. The number of aryl methyl sites for hydroxylation is 2. The van der Waals surface area contributed by atoms with Gasteiger partial charge in [-0.1, -0.05) is 54.6 Å². The molecule has 3 aromatic carbocycles. The van der Waals surface area contributed by atoms with Crippen molar-refractivity contribution in [3.63, 3.8) is 0 Å². The molecule has 2 fully saturated rings. The fraction of sp³-hybridized carbons (Fsp3) is 0.375. The van der Waals surface area contributed by atoms with Crippen LogP contribution in [0, 0.1) is 27.7 Å². The van der Waals surface area contributed by atoms with Gasteiger partial charge in [-0.3, -0.25) is 14.5 Å². The van der Waals surface area contributed by atoms with Crippen LogP contribution in [0.3, 0.4) is 0 Å². The average Bonchev–Trinajstić information content (AvgIpc) is 3.22. The van der Waals surface area contributed by atoms with Gasteiger partial charge in [0, 0.05) is 25.7 Å². The molecule has 2 amide bonds. The normalized spacial score (nSPS) is 19.1. The Bertz CT molecular complexity index is 1490. The standard InChI is InChI=1S/C32H37N3O4S/c1-22-19-23(2)25(4)31(24(22)3)40(38,39)35(28-15-17-33(18-16-28)21-26-11-7-5-8-12-26)29-20-30(36)34(32(29)37)27-13-9-6-10-14-27/h5-14,19,28-29H,15-18,20-21H2,1-4H3. The van der Waals surface area contributed by atoms with E-state index in [0.717, 1.165) is 22.6 Å². The van der Waals surface area contributed by atoms with Crippen LogP contribution < -0.4 is 4.90 Å². The van der Waals surface area contributed by atoms with Crippen molar-refractivity contribution in [3.8, 4) is 0 Å². The highest BCUT2D eigenvalue weighted by atomic mass is 32.2. The minimum absolute atomic E-state index is 0.167. The van der Waals surface area contributed by atoms with Crippen molar-refractivity contribution in [1.82, 2.24) is 9.21 Å². The van der Waals surface area contributed by atoms with E-state index in [9.17, 15) is 18.0 Å². The summed E-state index contributed by atoms with van der Waals surface area (Å²) in [6.45, 7) is 9.67. The van der Waals surface area contributed by atoms with Gasteiger partial charge in [0.05, 0.1) is 17.0 Å². The highest BCUT2D eigenvalue weighted by Gasteiger charge is 2.50. The summed E-state index contributed by atoms with van der Waals surface area (Å²) in [6, 6.07) is 19.5. The van der Waals surface area contributed by atoms with Crippen molar-refractivity contribution in [2.24, 2.45) is 0 Å². The maximum absolute atomic E-state index is 14.7. The van der Waals surface area contributed by atoms with E-state index in [-0.39, 0.29) is 17.2 Å². The molecule has 210 valence electrons. The van der Waals surface area contributed by atoms with Crippen LogP contribution in [0.4, 0.5) is 5.69 Å². The molecule has 0 N–H and O–H groups in total. The van der Waals surface area contributed by atoms with Crippen LogP contribution in [0.5, 0.6) is 0 Å². The molecule has 5 rings (SSSR count). The van der Waals surface area contributed by atoms with Gasteiger partial charge < -0.3 is 0 Å². The summed E-state index contributed by atoms with van der Waals surface area (Å²) in [5, 5.41) is 0. The van der Waals surface area contributed by atoms with Gasteiger partial charge >= 0.3 is 0 Å². The Morgan fingerprint density at radius 1 is 0.825 bits per heavy atom. The number of rotatable bonds is 7. The van der Waals surface area contributed by atoms with Gasteiger partial charge in [-0.25, -0.2) is 13.3 Å². The summed E-state index contributed by atoms with van der Waals surface area (Å²) >= 11 is 0. The van der Waals surface area contributed by atoms with E-state index in [1.807, 2.05) is 58.0 Å². The number of imide groups is 1. The summed E-state index contributed by atoms with van der Waals surface area (Å²) in [6.07, 6.45) is 0.997. The molecule has 0 saturated carbocycles. The first-order valence-corrected chi connectivity index (χ1v) is 15.3. The number of hydrogen-bond acceptors (Lipinski definition) is 5. The predicted molar refractivity (Wildman–Crippen MR) is 156 cm³/mol. The summed E-state index contributed by atoms with van der Waals surface area (Å²) in [7, 11) is -4.11. The first-order valence-electron chi connectivity index (χ1n) is 13.9. The topological polar surface area (TPSA) is 78.0 Å². The zero-order chi connectivity index (χ0) is 28.6. The molecule has 2 saturated heterocycles. The number of nitrogens with zero attached hydrogens (tertiary/aromatic N) is 3. The Kier molecular flexibility index (Phi) is 7.95. The zero-order valence-electron chi connectivity index (χ0n) is 23.6. The number of anilines is 1. The summed E-state index contributed by atoms with van der Waals surface area (Å²) in [5.41, 5.74) is 4.83. The Morgan fingerprint density at radius 3 is 1.95 bits per heavy atom. The van der Waals surface area contributed by atoms with E-state index in [1.54, 1.807) is 24.3 Å². The lowest BCUT2D eigenvalue weighted by molar-refractivity contribution is -0.122. The van der Waals surface area contributed by atoms with E-state index in [1.165, 1.54) is 9.87 Å². The summed E-state index contributed by atoms with van der Waals surface area (Å²) in [5.74, 6) is -0.858. The van der Waals surface area contributed by atoms with E-state index in [4.69, 9.17) is 0 Å². The van der Waals surface area contributed by atoms with E-state index in [2.05, 4.69) is 17.0 Å². The fourth-order valence-electron chi connectivity index (χ4n) is 6.13. The van der Waals surface area contributed by atoms with E-state index >= 15 is 0 Å². The minimum Gasteiger partial charge on any atom is -0.299 e. The average molecular weight is 560 g/mol. The van der Waals surface area contributed by atoms with Crippen LogP contribution in [0.1, 0.15) is 47.1 Å². The van der Waals surface area contributed by atoms with Gasteiger partial charge in [0.2, 0.25) is 15.9 Å². The maximum Gasteiger partial charge on any atom is 0.252 e. The van der Waals surface area contributed by atoms with Crippen molar-refractivity contribution in [1.29, 1.82) is 0 Å². The Labute approximate surface area is 237 Å². The van der Waals surface area contributed by atoms with Crippen LogP contribution in [-0.4, -0.2) is 54.6 Å². The molecule has 2 aliphatic rings. The van der Waals surface area contributed by atoms with Crippen LogP contribution in [0.25, 0.3) is 0 Å². The number of carbonyl (C=O) groups is 2. The zero-order valence-corrected chi connectivity index (χ0v) is 24.4. The molecule has 0 aromatic heterocycles. The fourth-order valence-corrected chi connectivity index (χ4v) is 8.54. The van der Waals surface area contributed by atoms with Gasteiger partial charge in [0.25, 0.3) is 5.91 Å². The highest BCUT2D eigenvalue weighted by Crippen LogP contribution is 2.37. The van der Waals surface area contributed by atoms with Crippen LogP contribution in [0.15, 0.2) is 71.6 Å². The van der Waals surface area contributed by atoms with E-state index in [0.29, 0.717) is 42.7 Å². The summed E-state index contributed by atoms with van der Waals surface area (Å²) in [4.78, 5) is 30.8. The van der Waals surface area contributed by atoms with Gasteiger partial charge in [0.15, 0.2) is 0 Å². The van der Waals surface area contributed by atoms with Crippen LogP contribution in [0.2, 0.25) is 0 Å². The molecular formula is C32H37N3O4S. The molecule has 3 aromatic rings. The highest BCUT2D eigenvalue weighted by molar-refractivity contribution is 7.89. The first-order chi connectivity index (χ1) is 19.1. The molecule has 40 heavy (non-hydrogen) atoms. The molecular weight excluding hydrogens is 522 g/mol. The van der Waals surface area contributed by atoms with Crippen molar-refractivity contribution < 1.29 is 18.0 Å². The predicted octanol–water partition coefficient (Wildman–Crippen LogP) is 4.91. The van der Waals surface area contributed by atoms with Crippen molar-refractivity contribution >= 4 is 27.5 Å². The van der Waals surface area contributed by atoms with Crippen molar-refractivity contribution in [3.05, 3.63) is 94.5 Å². The Hall–Kier alpha value is -3.33. The molecule has 0 spiro atoms. The van der Waals surface area contributed by atoms with Crippen molar-refractivity contribution in [2.75, 3.05) is 18.0 Å². The van der Waals surface area contributed by atoms with Gasteiger partial charge in [-0.15, -0.1) is 0 Å². The van der Waals surface area contributed by atoms with Crippen LogP contribution >= 0.6 is 0 Å². The number of hydrogen-bond donors (Lipinski definition) is 0. The van der Waals surface area contributed by atoms with Crippen molar-refractivity contribution in [2.45, 2.75) is 70.5 Å². The second-order valence-electron chi connectivity index (χ2n) is 11.0. The molecule has 2 heterocycles. The maximum atomic E-state index is 14.7. The van der Waals surface area contributed by atoms with Gasteiger partial charge in [-0.2, -0.15) is 4.31 Å². The number of para-hydroxylation sites is 1. The van der Waals surface area contributed by atoms with E-state index < -0.39 is 28.0 Å². The first kappa shape index (κ1) is 28.2. The van der Waals surface area contributed by atoms with Gasteiger partial charge in [-0.05, 0) is 80.5 Å². The number of carbonyl (C=O) groups excluding carboxylic acids is 2. The number of sulfonamides is 1. The lowest BCUT2D eigenvalue weighted by Gasteiger charge is -2.40. The molecule has 8 heteroatoms. The minimum atomic E-state index is -4.11. The molecule has 7 nitrogen and oxygen atoms in total. The molecule has 1 atom stereocenters. The third-order valence-corrected chi connectivity index (χ3v) is 10.7. The second kappa shape index (κ2) is 11.3. The third-order valence-electron chi connectivity index (χ3n) is 8.44. The quantitative estimate of drug-likeness (QED) is 0.385. The number of piperidine rings is 1. The van der Waals surface area contributed by atoms with Crippen LogP contribution in [-0.2, 0) is 26.2 Å². The molecule has 2 aliphatic heterocycles. The monoisotopic (exact) mass is 559 g/mol. The summed E-state index contributed by atoms with van der Waals surface area (Å²) < 4.78 is 30.7. The number of likely N-dealkylation sites (tertiary alicyclic amines) is 1. The third kappa shape index (κ3) is 5.23. The largest absolute Gasteiger partial charge is 0.299 e.